The lowest BCUT2D eigenvalue weighted by atomic mass is 10.3. The SMILES string of the molecule is O=C(CCNS(=O)(=O)c1ccccc1Cl)Nc1ccc(Oc2ncccn2)cc1. The summed E-state index contributed by atoms with van der Waals surface area (Å²) in [4.78, 5) is 19.9. The maximum atomic E-state index is 12.2. The zero-order valence-electron chi connectivity index (χ0n) is 15.1. The molecule has 10 heteroatoms. The minimum Gasteiger partial charge on any atom is -0.424 e. The van der Waals surface area contributed by atoms with Gasteiger partial charge in [-0.05, 0) is 42.5 Å². The molecule has 0 spiro atoms. The first-order valence-corrected chi connectivity index (χ1v) is 10.4. The second kappa shape index (κ2) is 9.46. The van der Waals surface area contributed by atoms with Crippen LogP contribution in [0, 0.1) is 0 Å². The van der Waals surface area contributed by atoms with Crippen molar-refractivity contribution < 1.29 is 17.9 Å². The lowest BCUT2D eigenvalue weighted by Gasteiger charge is -2.09. The molecule has 0 saturated carbocycles. The normalized spacial score (nSPS) is 11.1. The molecule has 0 aliphatic heterocycles. The molecule has 1 amide bonds. The predicted octanol–water partition coefficient (Wildman–Crippen LogP) is 3.23. The topological polar surface area (TPSA) is 110 Å². The van der Waals surface area contributed by atoms with Gasteiger partial charge in [0.2, 0.25) is 15.9 Å². The second-order valence-electron chi connectivity index (χ2n) is 5.78. The molecule has 0 fully saturated rings. The van der Waals surface area contributed by atoms with Gasteiger partial charge in [-0.2, -0.15) is 0 Å². The van der Waals surface area contributed by atoms with E-state index in [0.29, 0.717) is 11.4 Å². The van der Waals surface area contributed by atoms with E-state index in [1.807, 2.05) is 0 Å². The molecule has 150 valence electrons. The van der Waals surface area contributed by atoms with Crippen molar-refractivity contribution in [1.82, 2.24) is 14.7 Å². The summed E-state index contributed by atoms with van der Waals surface area (Å²) < 4.78 is 32.3. The van der Waals surface area contributed by atoms with Crippen LogP contribution < -0.4 is 14.8 Å². The Labute approximate surface area is 173 Å². The Morgan fingerprint density at radius 3 is 2.38 bits per heavy atom. The Morgan fingerprint density at radius 2 is 1.69 bits per heavy atom. The third-order valence-corrected chi connectivity index (χ3v) is 5.62. The standard InChI is InChI=1S/C19H17ClN4O4S/c20-16-4-1-2-5-17(16)29(26,27)23-13-10-18(25)24-14-6-8-15(9-7-14)28-19-21-11-3-12-22-19/h1-9,11-12,23H,10,13H2,(H,24,25). The van der Waals surface area contributed by atoms with Crippen molar-refractivity contribution in [1.29, 1.82) is 0 Å². The van der Waals surface area contributed by atoms with E-state index in [9.17, 15) is 13.2 Å². The summed E-state index contributed by atoms with van der Waals surface area (Å²) in [5, 5.41) is 2.80. The van der Waals surface area contributed by atoms with Gasteiger partial charge in [0.15, 0.2) is 0 Å². The van der Waals surface area contributed by atoms with Crippen LogP contribution in [0.25, 0.3) is 0 Å². The Morgan fingerprint density at radius 1 is 1.00 bits per heavy atom. The number of rotatable bonds is 8. The zero-order valence-corrected chi connectivity index (χ0v) is 16.7. The van der Waals surface area contributed by atoms with Crippen molar-refractivity contribution in [3.8, 4) is 11.8 Å². The van der Waals surface area contributed by atoms with E-state index in [2.05, 4.69) is 20.0 Å². The molecule has 0 saturated heterocycles. The molecule has 8 nitrogen and oxygen atoms in total. The average molecular weight is 433 g/mol. The van der Waals surface area contributed by atoms with Crippen LogP contribution in [-0.4, -0.2) is 30.8 Å². The lowest BCUT2D eigenvalue weighted by Crippen LogP contribution is -2.28. The predicted molar refractivity (Wildman–Crippen MR) is 108 cm³/mol. The monoisotopic (exact) mass is 432 g/mol. The van der Waals surface area contributed by atoms with Gasteiger partial charge in [-0.25, -0.2) is 23.1 Å². The second-order valence-corrected chi connectivity index (χ2v) is 7.93. The Balaban J connectivity index is 1.49. The van der Waals surface area contributed by atoms with E-state index >= 15 is 0 Å². The highest BCUT2D eigenvalue weighted by molar-refractivity contribution is 7.89. The van der Waals surface area contributed by atoms with Crippen LogP contribution in [0.5, 0.6) is 11.8 Å². The molecule has 0 radical (unpaired) electrons. The molecule has 2 N–H and O–H groups in total. The number of hydrogen-bond donors (Lipinski definition) is 2. The van der Waals surface area contributed by atoms with Crippen molar-refractivity contribution in [2.24, 2.45) is 0 Å². The highest BCUT2D eigenvalue weighted by atomic mass is 35.5. The molecule has 29 heavy (non-hydrogen) atoms. The smallest absolute Gasteiger partial charge is 0.321 e. The molecule has 0 bridgehead atoms. The van der Waals surface area contributed by atoms with Gasteiger partial charge in [0, 0.05) is 31.0 Å². The third kappa shape index (κ3) is 5.98. The van der Waals surface area contributed by atoms with Crippen LogP contribution in [-0.2, 0) is 14.8 Å². The summed E-state index contributed by atoms with van der Waals surface area (Å²) in [6.07, 6.45) is 3.09. The van der Waals surface area contributed by atoms with E-state index < -0.39 is 10.0 Å². The number of benzene rings is 2. The summed E-state index contributed by atoms with van der Waals surface area (Å²) in [5.41, 5.74) is 0.547. The van der Waals surface area contributed by atoms with Gasteiger partial charge in [-0.1, -0.05) is 23.7 Å². The van der Waals surface area contributed by atoms with Gasteiger partial charge in [-0.15, -0.1) is 0 Å². The Hall–Kier alpha value is -3.01. The van der Waals surface area contributed by atoms with Gasteiger partial charge in [0.05, 0.1) is 5.02 Å². The van der Waals surface area contributed by atoms with E-state index in [1.165, 1.54) is 12.1 Å². The van der Waals surface area contributed by atoms with Gasteiger partial charge < -0.3 is 10.1 Å². The van der Waals surface area contributed by atoms with Gasteiger partial charge in [0.1, 0.15) is 10.6 Å². The molecule has 1 aromatic heterocycles. The van der Waals surface area contributed by atoms with Gasteiger partial charge in [-0.3, -0.25) is 4.79 Å². The fourth-order valence-electron chi connectivity index (χ4n) is 2.31. The molecule has 0 unspecified atom stereocenters. The summed E-state index contributed by atoms with van der Waals surface area (Å²) in [5.74, 6) is 0.175. The van der Waals surface area contributed by atoms with E-state index in [4.69, 9.17) is 16.3 Å². The van der Waals surface area contributed by atoms with Gasteiger partial charge in [0.25, 0.3) is 0 Å². The molecular formula is C19H17ClN4O4S. The fourth-order valence-corrected chi connectivity index (χ4v) is 3.86. The number of anilines is 1. The first kappa shape index (κ1) is 20.7. The first-order chi connectivity index (χ1) is 13.9. The number of amides is 1. The van der Waals surface area contributed by atoms with Crippen LogP contribution in [0.2, 0.25) is 5.02 Å². The molecule has 0 aliphatic carbocycles. The molecule has 0 atom stereocenters. The molecule has 1 heterocycles. The van der Waals surface area contributed by atoms with Crippen molar-refractivity contribution in [2.45, 2.75) is 11.3 Å². The number of halogens is 1. The number of sulfonamides is 1. The van der Waals surface area contributed by atoms with Crippen LogP contribution >= 0.6 is 11.6 Å². The maximum absolute atomic E-state index is 12.2. The van der Waals surface area contributed by atoms with Crippen molar-refractivity contribution in [3.05, 3.63) is 72.0 Å². The molecule has 3 aromatic rings. The molecular weight excluding hydrogens is 416 g/mol. The number of nitrogens with zero attached hydrogens (tertiary/aromatic N) is 2. The molecule has 0 aliphatic rings. The first-order valence-electron chi connectivity index (χ1n) is 8.53. The summed E-state index contributed by atoms with van der Waals surface area (Å²) >= 11 is 5.90. The zero-order chi connectivity index (χ0) is 20.7. The highest BCUT2D eigenvalue weighted by Gasteiger charge is 2.17. The van der Waals surface area contributed by atoms with E-state index in [0.717, 1.165) is 0 Å². The fraction of sp³-hybridized carbons (Fsp3) is 0.105. The van der Waals surface area contributed by atoms with Crippen molar-refractivity contribution in [2.75, 3.05) is 11.9 Å². The molecule has 3 rings (SSSR count). The third-order valence-electron chi connectivity index (χ3n) is 3.66. The van der Waals surface area contributed by atoms with Crippen LogP contribution in [0.4, 0.5) is 5.69 Å². The number of hydrogen-bond acceptors (Lipinski definition) is 6. The van der Waals surface area contributed by atoms with Crippen LogP contribution in [0.1, 0.15) is 6.42 Å². The maximum Gasteiger partial charge on any atom is 0.321 e. The minimum atomic E-state index is -3.79. The average Bonchev–Trinajstić information content (AvgIpc) is 2.70. The number of aromatic nitrogens is 2. The lowest BCUT2D eigenvalue weighted by molar-refractivity contribution is -0.116. The summed E-state index contributed by atoms with van der Waals surface area (Å²) in [7, 11) is -3.79. The van der Waals surface area contributed by atoms with Crippen LogP contribution in [0.3, 0.4) is 0 Å². The van der Waals surface area contributed by atoms with E-state index in [1.54, 1.807) is 54.9 Å². The quantitative estimate of drug-likeness (QED) is 0.565. The minimum absolute atomic E-state index is 0.0277. The Kier molecular flexibility index (Phi) is 6.76. The molecule has 2 aromatic carbocycles. The Bertz CT molecular complexity index is 1080. The summed E-state index contributed by atoms with van der Waals surface area (Å²) in [6.45, 7) is -0.0636. The van der Waals surface area contributed by atoms with E-state index in [-0.39, 0.29) is 34.8 Å². The van der Waals surface area contributed by atoms with Crippen molar-refractivity contribution in [3.63, 3.8) is 0 Å². The highest BCUT2D eigenvalue weighted by Crippen LogP contribution is 2.21. The number of ether oxygens (including phenoxy) is 1. The number of nitrogens with one attached hydrogen (secondary N) is 2. The van der Waals surface area contributed by atoms with Crippen LogP contribution in [0.15, 0.2) is 71.9 Å². The van der Waals surface area contributed by atoms with Gasteiger partial charge >= 0.3 is 6.01 Å². The summed E-state index contributed by atoms with van der Waals surface area (Å²) in [6, 6.07) is 14.6. The van der Waals surface area contributed by atoms with Crippen molar-refractivity contribution >= 4 is 33.2 Å². The number of carbonyl (C=O) groups excluding carboxylic acids is 1. The largest absolute Gasteiger partial charge is 0.424 e. The number of carbonyl (C=O) groups is 1.